The van der Waals surface area contributed by atoms with Gasteiger partial charge in [0.25, 0.3) is 0 Å². The quantitative estimate of drug-likeness (QED) is 0.205. The van der Waals surface area contributed by atoms with Gasteiger partial charge in [0.05, 0.1) is 12.0 Å². The van der Waals surface area contributed by atoms with E-state index < -0.39 is 16.1 Å². The van der Waals surface area contributed by atoms with E-state index in [0.717, 1.165) is 29.5 Å². The van der Waals surface area contributed by atoms with Crippen molar-refractivity contribution in [2.24, 2.45) is 0 Å². The van der Waals surface area contributed by atoms with Gasteiger partial charge in [-0.25, -0.2) is 13.1 Å². The molecule has 0 heterocycles. The predicted molar refractivity (Wildman–Crippen MR) is 169 cm³/mol. The SMILES string of the molecule is COc1ccc(CN(C(=O)CCc2ccc(S(=O)(=O)NC3CC3)cc2)C(C(=O)NCc2ccccc2)c2ccccc2)cc1. The van der Waals surface area contributed by atoms with Crippen LogP contribution in [-0.2, 0) is 39.1 Å². The number of aryl methyl sites for hydroxylation is 1. The molecule has 2 amide bonds. The lowest BCUT2D eigenvalue weighted by Crippen LogP contribution is -2.43. The predicted octanol–water partition coefficient (Wildman–Crippen LogP) is 5.16. The summed E-state index contributed by atoms with van der Waals surface area (Å²) in [5.74, 6) is 0.223. The monoisotopic (exact) mass is 611 g/mol. The van der Waals surface area contributed by atoms with E-state index in [1.165, 1.54) is 0 Å². The zero-order chi connectivity index (χ0) is 30.9. The van der Waals surface area contributed by atoms with Crippen LogP contribution in [0.1, 0.15) is 47.6 Å². The van der Waals surface area contributed by atoms with Gasteiger partial charge in [0, 0.05) is 25.6 Å². The molecule has 228 valence electrons. The maximum Gasteiger partial charge on any atom is 0.247 e. The molecule has 0 aromatic heterocycles. The number of nitrogens with one attached hydrogen (secondary N) is 2. The van der Waals surface area contributed by atoms with Crippen LogP contribution in [0.2, 0.25) is 0 Å². The van der Waals surface area contributed by atoms with E-state index in [9.17, 15) is 18.0 Å². The standard InChI is InChI=1S/C35H37N3O5S/c1-43-31-19-12-28(13-20-31)25-38(33(39)23-16-26-14-21-32(22-15-26)44(41,42)37-30-17-18-30)34(29-10-6-3-7-11-29)35(40)36-24-27-8-4-2-5-9-27/h2-15,19-22,30,34,37H,16-18,23-25H2,1H3,(H,36,40). The van der Waals surface area contributed by atoms with Gasteiger partial charge in [0.15, 0.2) is 0 Å². The number of rotatable bonds is 14. The van der Waals surface area contributed by atoms with E-state index in [-0.39, 0.29) is 35.7 Å². The highest BCUT2D eigenvalue weighted by molar-refractivity contribution is 7.89. The molecular formula is C35H37N3O5S. The van der Waals surface area contributed by atoms with Gasteiger partial charge in [-0.2, -0.15) is 0 Å². The van der Waals surface area contributed by atoms with E-state index in [1.807, 2.05) is 84.9 Å². The van der Waals surface area contributed by atoms with E-state index in [2.05, 4.69) is 10.0 Å². The first kappa shape index (κ1) is 31.0. The third-order valence-electron chi connectivity index (χ3n) is 7.58. The topological polar surface area (TPSA) is 105 Å². The molecular weight excluding hydrogens is 574 g/mol. The molecule has 1 saturated carbocycles. The minimum Gasteiger partial charge on any atom is -0.497 e. The molecule has 1 atom stereocenters. The normalized spacial score (nSPS) is 13.6. The molecule has 1 fully saturated rings. The first-order valence-electron chi connectivity index (χ1n) is 14.7. The van der Waals surface area contributed by atoms with Crippen LogP contribution in [0.15, 0.2) is 114 Å². The second-order valence-electron chi connectivity index (χ2n) is 10.9. The largest absolute Gasteiger partial charge is 0.497 e. The minimum absolute atomic E-state index is 0.0245. The van der Waals surface area contributed by atoms with Crippen molar-refractivity contribution in [1.82, 2.24) is 14.9 Å². The van der Waals surface area contributed by atoms with Gasteiger partial charge in [-0.1, -0.05) is 84.9 Å². The lowest BCUT2D eigenvalue weighted by atomic mass is 10.0. The highest BCUT2D eigenvalue weighted by Crippen LogP contribution is 2.27. The fourth-order valence-corrected chi connectivity index (χ4v) is 6.26. The number of carbonyl (C=O) groups is 2. The van der Waals surface area contributed by atoms with Crippen LogP contribution in [0.5, 0.6) is 5.75 Å². The fourth-order valence-electron chi connectivity index (χ4n) is 4.96. The van der Waals surface area contributed by atoms with Crippen molar-refractivity contribution < 1.29 is 22.7 Å². The van der Waals surface area contributed by atoms with Crippen molar-refractivity contribution in [2.45, 2.75) is 55.8 Å². The summed E-state index contributed by atoms with van der Waals surface area (Å²) in [4.78, 5) is 29.7. The molecule has 1 aliphatic carbocycles. The summed E-state index contributed by atoms with van der Waals surface area (Å²) in [7, 11) is -1.96. The Bertz CT molecular complexity index is 1640. The lowest BCUT2D eigenvalue weighted by Gasteiger charge is -2.32. The molecule has 2 N–H and O–H groups in total. The number of hydrogen-bond acceptors (Lipinski definition) is 5. The Hall–Kier alpha value is -4.47. The van der Waals surface area contributed by atoms with Gasteiger partial charge in [0.2, 0.25) is 21.8 Å². The van der Waals surface area contributed by atoms with Crippen LogP contribution >= 0.6 is 0 Å². The number of benzene rings is 4. The van der Waals surface area contributed by atoms with Crippen LogP contribution in [0, 0.1) is 0 Å². The summed E-state index contributed by atoms with van der Waals surface area (Å²) >= 11 is 0. The smallest absolute Gasteiger partial charge is 0.247 e. The lowest BCUT2D eigenvalue weighted by molar-refractivity contribution is -0.141. The molecule has 8 nitrogen and oxygen atoms in total. The van der Waals surface area contributed by atoms with Gasteiger partial charge in [-0.3, -0.25) is 9.59 Å². The Morgan fingerprint density at radius 3 is 2.05 bits per heavy atom. The Kier molecular flexibility index (Phi) is 10.1. The number of carbonyl (C=O) groups excluding carboxylic acids is 2. The van der Waals surface area contributed by atoms with E-state index in [4.69, 9.17) is 4.74 Å². The second kappa shape index (κ2) is 14.3. The summed E-state index contributed by atoms with van der Waals surface area (Å²) < 4.78 is 33.1. The molecule has 0 aliphatic heterocycles. The van der Waals surface area contributed by atoms with Crippen LogP contribution < -0.4 is 14.8 Å². The molecule has 4 aromatic carbocycles. The van der Waals surface area contributed by atoms with Gasteiger partial charge in [0.1, 0.15) is 11.8 Å². The maximum absolute atomic E-state index is 14.0. The third kappa shape index (κ3) is 8.33. The second-order valence-corrected chi connectivity index (χ2v) is 12.6. The first-order chi connectivity index (χ1) is 21.3. The summed E-state index contributed by atoms with van der Waals surface area (Å²) in [6.45, 7) is 0.545. The van der Waals surface area contributed by atoms with Gasteiger partial charge < -0.3 is 15.0 Å². The molecule has 44 heavy (non-hydrogen) atoms. The number of ether oxygens (including phenoxy) is 1. The highest BCUT2D eigenvalue weighted by atomic mass is 32.2. The number of sulfonamides is 1. The number of hydrogen-bond donors (Lipinski definition) is 2. The molecule has 0 saturated heterocycles. The highest BCUT2D eigenvalue weighted by Gasteiger charge is 2.31. The number of amides is 2. The van der Waals surface area contributed by atoms with E-state index in [1.54, 1.807) is 36.3 Å². The minimum atomic E-state index is -3.55. The summed E-state index contributed by atoms with van der Waals surface area (Å²) in [5.41, 5.74) is 3.35. The summed E-state index contributed by atoms with van der Waals surface area (Å²) in [5, 5.41) is 3.03. The van der Waals surface area contributed by atoms with Crippen molar-refractivity contribution in [1.29, 1.82) is 0 Å². The summed E-state index contributed by atoms with van der Waals surface area (Å²) in [6, 6.07) is 32.2. The molecule has 0 radical (unpaired) electrons. The van der Waals surface area contributed by atoms with E-state index >= 15 is 0 Å². The maximum atomic E-state index is 14.0. The summed E-state index contributed by atoms with van der Waals surface area (Å²) in [6.07, 6.45) is 2.25. The molecule has 9 heteroatoms. The average molecular weight is 612 g/mol. The van der Waals surface area contributed by atoms with Gasteiger partial charge in [-0.15, -0.1) is 0 Å². The zero-order valence-corrected chi connectivity index (χ0v) is 25.5. The fraction of sp³-hybridized carbons (Fsp3) is 0.257. The van der Waals surface area contributed by atoms with Crippen LogP contribution in [0.4, 0.5) is 0 Å². The van der Waals surface area contributed by atoms with Crippen molar-refractivity contribution in [3.8, 4) is 5.75 Å². The molecule has 1 aliphatic rings. The van der Waals surface area contributed by atoms with Crippen LogP contribution in [0.25, 0.3) is 0 Å². The third-order valence-corrected chi connectivity index (χ3v) is 9.11. The van der Waals surface area contributed by atoms with Crippen LogP contribution in [0.3, 0.4) is 0 Å². The van der Waals surface area contributed by atoms with Crippen LogP contribution in [-0.4, -0.2) is 38.3 Å². The number of nitrogens with zero attached hydrogens (tertiary/aromatic N) is 1. The molecule has 0 spiro atoms. The van der Waals surface area contributed by atoms with Gasteiger partial charge in [-0.05, 0) is 65.8 Å². The Balaban J connectivity index is 1.37. The Morgan fingerprint density at radius 1 is 0.818 bits per heavy atom. The molecule has 0 bridgehead atoms. The Morgan fingerprint density at radius 2 is 1.43 bits per heavy atom. The Labute approximate surface area is 259 Å². The van der Waals surface area contributed by atoms with E-state index in [0.29, 0.717) is 24.3 Å². The van der Waals surface area contributed by atoms with Crippen molar-refractivity contribution in [2.75, 3.05) is 7.11 Å². The number of methoxy groups -OCH3 is 1. The average Bonchev–Trinajstić information content (AvgIpc) is 3.87. The van der Waals surface area contributed by atoms with Crippen molar-refractivity contribution in [3.05, 3.63) is 131 Å². The molecule has 4 aromatic rings. The molecule has 1 unspecified atom stereocenters. The first-order valence-corrected chi connectivity index (χ1v) is 16.2. The zero-order valence-electron chi connectivity index (χ0n) is 24.7. The van der Waals surface area contributed by atoms with Crippen molar-refractivity contribution in [3.63, 3.8) is 0 Å². The van der Waals surface area contributed by atoms with Gasteiger partial charge >= 0.3 is 0 Å². The van der Waals surface area contributed by atoms with Crippen molar-refractivity contribution >= 4 is 21.8 Å². The molecule has 5 rings (SSSR count).